The first-order valence-corrected chi connectivity index (χ1v) is 4.12. The third kappa shape index (κ3) is 1.45. The largest absolute Gasteiger partial charge is 0.246 e. The first-order chi connectivity index (χ1) is 4.74. The maximum Gasteiger partial charge on any atom is 0.0903 e. The van der Waals surface area contributed by atoms with Gasteiger partial charge in [0, 0.05) is 4.88 Å². The average Bonchev–Trinajstić information content (AvgIpc) is 2.13. The fourth-order valence-corrected chi connectivity index (χ4v) is 1.75. The van der Waals surface area contributed by atoms with Gasteiger partial charge in [-0.25, -0.2) is 4.98 Å². The second-order valence-electron chi connectivity index (χ2n) is 2.18. The van der Waals surface area contributed by atoms with Crippen LogP contribution in [0.15, 0.2) is 6.08 Å². The number of aromatic nitrogens is 1. The number of hydrogen-bond donors (Lipinski definition) is 0. The molecule has 1 heterocycles. The van der Waals surface area contributed by atoms with Crippen molar-refractivity contribution in [1.29, 1.82) is 0 Å². The molecule has 0 aliphatic rings. The lowest BCUT2D eigenvalue weighted by atomic mass is 10.4. The molecule has 0 saturated heterocycles. The number of rotatable bonds is 1. The van der Waals surface area contributed by atoms with Crippen LogP contribution in [0.3, 0.4) is 0 Å². The van der Waals surface area contributed by atoms with E-state index in [-0.39, 0.29) is 0 Å². The quantitative estimate of drug-likeness (QED) is 0.604. The van der Waals surface area contributed by atoms with Crippen LogP contribution in [0, 0.1) is 13.8 Å². The first-order valence-electron chi connectivity index (χ1n) is 3.30. The summed E-state index contributed by atoms with van der Waals surface area (Å²) < 4.78 is 0. The lowest BCUT2D eigenvalue weighted by molar-refractivity contribution is 1.20. The summed E-state index contributed by atoms with van der Waals surface area (Å²) in [5.41, 5.74) is 1.14. The van der Waals surface area contributed by atoms with Gasteiger partial charge in [0.1, 0.15) is 0 Å². The Hall–Kier alpha value is -0.630. The molecule has 1 aromatic rings. The lowest BCUT2D eigenvalue weighted by Gasteiger charge is -1.82. The van der Waals surface area contributed by atoms with Crippen molar-refractivity contribution >= 4 is 17.4 Å². The van der Waals surface area contributed by atoms with Gasteiger partial charge < -0.3 is 0 Å². The van der Waals surface area contributed by atoms with Crippen molar-refractivity contribution < 1.29 is 0 Å². The minimum atomic E-state index is 1.14. The molecule has 0 amide bonds. The number of allylic oxidation sites excluding steroid dienone is 1. The van der Waals surface area contributed by atoms with Crippen molar-refractivity contribution in [3.63, 3.8) is 0 Å². The third-order valence-electron chi connectivity index (χ3n) is 1.26. The topological polar surface area (TPSA) is 12.9 Å². The molecule has 0 aliphatic carbocycles. The molecular weight excluding hydrogens is 142 g/mol. The van der Waals surface area contributed by atoms with Crippen molar-refractivity contribution in [1.82, 2.24) is 4.98 Å². The summed E-state index contributed by atoms with van der Waals surface area (Å²) in [6.45, 7) is 6.10. The van der Waals surface area contributed by atoms with Crippen LogP contribution in [0.5, 0.6) is 0 Å². The molecule has 0 spiro atoms. The summed E-state index contributed by atoms with van der Waals surface area (Å²) in [6, 6.07) is 0. The molecule has 0 saturated carbocycles. The van der Waals surface area contributed by atoms with Gasteiger partial charge in [-0.3, -0.25) is 0 Å². The van der Waals surface area contributed by atoms with Gasteiger partial charge in [0.15, 0.2) is 0 Å². The highest BCUT2D eigenvalue weighted by Crippen LogP contribution is 2.17. The van der Waals surface area contributed by atoms with Crippen molar-refractivity contribution in [3.05, 3.63) is 21.7 Å². The molecule has 10 heavy (non-hydrogen) atoms. The zero-order valence-electron chi connectivity index (χ0n) is 6.51. The zero-order chi connectivity index (χ0) is 7.56. The Labute approximate surface area is 65.4 Å². The van der Waals surface area contributed by atoms with Crippen LogP contribution in [-0.2, 0) is 0 Å². The fourth-order valence-electron chi connectivity index (χ4n) is 0.853. The van der Waals surface area contributed by atoms with E-state index in [1.807, 2.05) is 26.8 Å². The molecule has 0 bridgehead atoms. The van der Waals surface area contributed by atoms with Gasteiger partial charge in [-0.1, -0.05) is 6.08 Å². The van der Waals surface area contributed by atoms with Crippen molar-refractivity contribution in [2.24, 2.45) is 0 Å². The maximum absolute atomic E-state index is 4.30. The fraction of sp³-hybridized carbons (Fsp3) is 0.375. The van der Waals surface area contributed by atoms with Gasteiger partial charge in [-0.05, 0) is 26.8 Å². The van der Waals surface area contributed by atoms with Gasteiger partial charge in [0.25, 0.3) is 0 Å². The van der Waals surface area contributed by atoms with Crippen LogP contribution < -0.4 is 0 Å². The Morgan fingerprint density at radius 2 is 2.10 bits per heavy atom. The van der Waals surface area contributed by atoms with Crippen LogP contribution in [-0.4, -0.2) is 4.98 Å². The van der Waals surface area contributed by atoms with Gasteiger partial charge in [-0.15, -0.1) is 11.3 Å². The highest BCUT2D eigenvalue weighted by Gasteiger charge is 1.98. The van der Waals surface area contributed by atoms with E-state index in [1.54, 1.807) is 11.3 Å². The van der Waals surface area contributed by atoms with Gasteiger partial charge in [0.05, 0.1) is 10.7 Å². The highest BCUT2D eigenvalue weighted by molar-refractivity contribution is 7.12. The average molecular weight is 153 g/mol. The molecule has 0 aromatic carbocycles. The summed E-state index contributed by atoms with van der Waals surface area (Å²) in [7, 11) is 0. The summed E-state index contributed by atoms with van der Waals surface area (Å²) in [5, 5.41) is 1.14. The molecule has 1 aromatic heterocycles. The van der Waals surface area contributed by atoms with E-state index in [9.17, 15) is 0 Å². The summed E-state index contributed by atoms with van der Waals surface area (Å²) in [5.74, 6) is 0. The second-order valence-corrected chi connectivity index (χ2v) is 3.42. The Kier molecular flexibility index (Phi) is 2.22. The third-order valence-corrected chi connectivity index (χ3v) is 2.30. The van der Waals surface area contributed by atoms with E-state index in [2.05, 4.69) is 11.1 Å². The monoisotopic (exact) mass is 153 g/mol. The summed E-state index contributed by atoms with van der Waals surface area (Å²) in [6.07, 6.45) is 4.14. The Morgan fingerprint density at radius 1 is 1.40 bits per heavy atom. The smallest absolute Gasteiger partial charge is 0.0903 e. The standard InChI is InChI=1S/C8H11NS/c1-4-5-8-6(2)9-7(3)10-8/h4-5H,1-3H3/b5-4-. The lowest BCUT2D eigenvalue weighted by Crippen LogP contribution is -1.72. The van der Waals surface area contributed by atoms with Gasteiger partial charge >= 0.3 is 0 Å². The van der Waals surface area contributed by atoms with Crippen LogP contribution in [0.1, 0.15) is 22.5 Å². The van der Waals surface area contributed by atoms with Crippen LogP contribution >= 0.6 is 11.3 Å². The van der Waals surface area contributed by atoms with Crippen LogP contribution in [0.25, 0.3) is 6.08 Å². The number of thiazole rings is 1. The normalized spacial score (nSPS) is 11.1. The van der Waals surface area contributed by atoms with E-state index >= 15 is 0 Å². The summed E-state index contributed by atoms with van der Waals surface area (Å²) in [4.78, 5) is 5.57. The summed E-state index contributed by atoms with van der Waals surface area (Å²) >= 11 is 1.74. The predicted octanol–water partition coefficient (Wildman–Crippen LogP) is 2.79. The van der Waals surface area contributed by atoms with E-state index in [1.165, 1.54) is 4.88 Å². The number of hydrogen-bond acceptors (Lipinski definition) is 2. The van der Waals surface area contributed by atoms with Crippen LogP contribution in [0.4, 0.5) is 0 Å². The molecule has 0 N–H and O–H groups in total. The molecule has 0 aliphatic heterocycles. The molecule has 0 atom stereocenters. The van der Waals surface area contributed by atoms with E-state index in [4.69, 9.17) is 0 Å². The van der Waals surface area contributed by atoms with E-state index < -0.39 is 0 Å². The molecular formula is C8H11NS. The highest BCUT2D eigenvalue weighted by atomic mass is 32.1. The van der Waals surface area contributed by atoms with E-state index in [0.717, 1.165) is 10.7 Å². The second kappa shape index (κ2) is 2.97. The molecule has 2 heteroatoms. The Bertz CT molecular complexity index is 248. The van der Waals surface area contributed by atoms with Crippen molar-refractivity contribution in [3.8, 4) is 0 Å². The number of nitrogens with zero attached hydrogens (tertiary/aromatic N) is 1. The zero-order valence-corrected chi connectivity index (χ0v) is 7.33. The Balaban J connectivity index is 3.03. The first kappa shape index (κ1) is 7.48. The molecule has 54 valence electrons. The maximum atomic E-state index is 4.30. The molecule has 1 rings (SSSR count). The van der Waals surface area contributed by atoms with Crippen molar-refractivity contribution in [2.75, 3.05) is 0 Å². The Morgan fingerprint density at radius 3 is 2.50 bits per heavy atom. The van der Waals surface area contributed by atoms with E-state index in [0.29, 0.717) is 0 Å². The van der Waals surface area contributed by atoms with Crippen molar-refractivity contribution in [2.45, 2.75) is 20.8 Å². The minimum absolute atomic E-state index is 1.14. The van der Waals surface area contributed by atoms with Gasteiger partial charge in [-0.2, -0.15) is 0 Å². The molecule has 0 fully saturated rings. The molecule has 0 unspecified atom stereocenters. The molecule has 1 nitrogen and oxygen atoms in total. The minimum Gasteiger partial charge on any atom is -0.246 e. The number of aryl methyl sites for hydroxylation is 2. The SMILES string of the molecule is C/C=C\c1sc(C)nc1C. The van der Waals surface area contributed by atoms with Gasteiger partial charge in [0.2, 0.25) is 0 Å². The molecule has 0 radical (unpaired) electrons. The predicted molar refractivity (Wildman–Crippen MR) is 46.3 cm³/mol. The van der Waals surface area contributed by atoms with Crippen LogP contribution in [0.2, 0.25) is 0 Å².